The highest BCUT2D eigenvalue weighted by atomic mass is 16.6. The zero-order chi connectivity index (χ0) is 25.3. The minimum absolute atomic E-state index is 0.240. The van der Waals surface area contributed by atoms with Crippen LogP contribution < -0.4 is 0 Å². The van der Waals surface area contributed by atoms with Crippen LogP contribution >= 0.6 is 0 Å². The summed E-state index contributed by atoms with van der Waals surface area (Å²) >= 11 is 0. The predicted molar refractivity (Wildman–Crippen MR) is 132 cm³/mol. The molecule has 2 atom stereocenters. The molecule has 0 fully saturated rings. The van der Waals surface area contributed by atoms with Crippen LogP contribution in [0.3, 0.4) is 0 Å². The van der Waals surface area contributed by atoms with E-state index in [1.165, 1.54) is 0 Å². The predicted octanol–water partition coefficient (Wildman–Crippen LogP) is 6.22. The average Bonchev–Trinajstić information content (AvgIpc) is 2.77. The van der Waals surface area contributed by atoms with E-state index in [4.69, 9.17) is 9.84 Å². The van der Waals surface area contributed by atoms with Gasteiger partial charge >= 0.3 is 17.9 Å². The van der Waals surface area contributed by atoms with Crippen molar-refractivity contribution in [1.29, 1.82) is 0 Å². The minimum atomic E-state index is -0.960. The second-order valence-corrected chi connectivity index (χ2v) is 9.76. The Balaban J connectivity index is 2.04. The maximum Gasteiger partial charge on any atom is 0.335 e. The van der Waals surface area contributed by atoms with Gasteiger partial charge in [0.05, 0.1) is 17.4 Å². The third-order valence-electron chi connectivity index (χ3n) is 5.77. The van der Waals surface area contributed by atoms with Crippen molar-refractivity contribution >= 4 is 17.9 Å². The van der Waals surface area contributed by atoms with E-state index in [0.29, 0.717) is 19.3 Å². The van der Waals surface area contributed by atoms with Crippen molar-refractivity contribution in [2.24, 2.45) is 11.8 Å². The number of carbonyl (C=O) groups excluding carboxylic acids is 1. The highest BCUT2D eigenvalue weighted by molar-refractivity contribution is 5.88. The zero-order valence-electron chi connectivity index (χ0n) is 20.5. The number of aliphatic carboxylic acids is 1. The standard InChI is InChI=1S/C28H36O6/c1-5-6-7-24(27(33)34-28(2,3)4)18-23(26(31)32)13-10-19-8-11-20(12-9-19)21-14-16-22(17-15-21)25(29)30/h8-9,11-12,14-17,23-24H,5-7,10,13,18H2,1-4H3,(H,29,30)(H,31,32)/t23-,24-/m0/s1. The first-order valence-corrected chi connectivity index (χ1v) is 11.9. The lowest BCUT2D eigenvalue weighted by Gasteiger charge is -2.25. The molecule has 0 amide bonds. The van der Waals surface area contributed by atoms with Gasteiger partial charge in [0.1, 0.15) is 5.60 Å². The van der Waals surface area contributed by atoms with Crippen molar-refractivity contribution in [3.63, 3.8) is 0 Å². The summed E-state index contributed by atoms with van der Waals surface area (Å²) in [6.45, 7) is 7.51. The molecule has 0 aliphatic carbocycles. The Hall–Kier alpha value is -3.15. The number of aromatic carboxylic acids is 1. The van der Waals surface area contributed by atoms with Crippen molar-refractivity contribution in [3.8, 4) is 11.1 Å². The van der Waals surface area contributed by atoms with Crippen molar-refractivity contribution in [1.82, 2.24) is 0 Å². The van der Waals surface area contributed by atoms with Crippen molar-refractivity contribution in [3.05, 3.63) is 59.7 Å². The number of rotatable bonds is 12. The normalized spacial score (nSPS) is 13.2. The molecule has 0 unspecified atom stereocenters. The molecule has 0 radical (unpaired) electrons. The number of ether oxygens (including phenoxy) is 1. The summed E-state index contributed by atoms with van der Waals surface area (Å²) in [5, 5.41) is 18.8. The van der Waals surface area contributed by atoms with Crippen molar-refractivity contribution in [2.45, 2.75) is 71.8 Å². The molecule has 0 aliphatic rings. The zero-order valence-corrected chi connectivity index (χ0v) is 20.5. The average molecular weight is 469 g/mol. The first-order chi connectivity index (χ1) is 16.0. The highest BCUT2D eigenvalue weighted by Gasteiger charge is 2.30. The molecule has 6 nitrogen and oxygen atoms in total. The maximum atomic E-state index is 12.7. The van der Waals surface area contributed by atoms with Gasteiger partial charge in [-0.25, -0.2) is 4.79 Å². The highest BCUT2D eigenvalue weighted by Crippen LogP contribution is 2.27. The second-order valence-electron chi connectivity index (χ2n) is 9.76. The fourth-order valence-corrected chi connectivity index (χ4v) is 3.86. The topological polar surface area (TPSA) is 101 Å². The van der Waals surface area contributed by atoms with Crippen LogP contribution in [0, 0.1) is 11.8 Å². The lowest BCUT2D eigenvalue weighted by atomic mass is 9.86. The summed E-state index contributed by atoms with van der Waals surface area (Å²) in [5.41, 5.74) is 2.52. The van der Waals surface area contributed by atoms with Gasteiger partial charge in [0.25, 0.3) is 0 Å². The van der Waals surface area contributed by atoms with Crippen molar-refractivity contribution < 1.29 is 29.3 Å². The molecule has 0 saturated carbocycles. The Morgan fingerprint density at radius 3 is 1.88 bits per heavy atom. The van der Waals surface area contributed by atoms with Crippen LogP contribution in [0.15, 0.2) is 48.5 Å². The van der Waals surface area contributed by atoms with Gasteiger partial charge in [-0.3, -0.25) is 9.59 Å². The number of carbonyl (C=O) groups is 3. The number of aryl methyl sites for hydroxylation is 1. The lowest BCUT2D eigenvalue weighted by Crippen LogP contribution is -2.31. The van der Waals surface area contributed by atoms with Crippen LogP contribution in [0.4, 0.5) is 0 Å². The largest absolute Gasteiger partial charge is 0.481 e. The maximum absolute atomic E-state index is 12.7. The van der Waals surface area contributed by atoms with Gasteiger partial charge in [-0.2, -0.15) is 0 Å². The molecule has 0 bridgehead atoms. The van der Waals surface area contributed by atoms with Crippen LogP contribution in [0.25, 0.3) is 11.1 Å². The Morgan fingerprint density at radius 1 is 0.853 bits per heavy atom. The van der Waals surface area contributed by atoms with Crippen LogP contribution in [-0.2, 0) is 20.7 Å². The molecular weight excluding hydrogens is 432 g/mol. The third-order valence-corrected chi connectivity index (χ3v) is 5.77. The van der Waals surface area contributed by atoms with Crippen LogP contribution in [0.5, 0.6) is 0 Å². The van der Waals surface area contributed by atoms with Crippen molar-refractivity contribution in [2.75, 3.05) is 0 Å². The molecule has 0 aliphatic heterocycles. The summed E-state index contributed by atoms with van der Waals surface area (Å²) < 4.78 is 5.55. The Labute approximate surface area is 202 Å². The molecule has 0 spiro atoms. The van der Waals surface area contributed by atoms with E-state index < -0.39 is 29.4 Å². The molecule has 0 saturated heterocycles. The summed E-state index contributed by atoms with van der Waals surface area (Å²) in [5.74, 6) is -3.21. The molecule has 34 heavy (non-hydrogen) atoms. The van der Waals surface area contributed by atoms with E-state index in [0.717, 1.165) is 29.5 Å². The lowest BCUT2D eigenvalue weighted by molar-refractivity contribution is -0.161. The summed E-state index contributed by atoms with van der Waals surface area (Å²) in [6, 6.07) is 14.5. The monoisotopic (exact) mass is 468 g/mol. The number of hydrogen-bond acceptors (Lipinski definition) is 4. The summed E-state index contributed by atoms with van der Waals surface area (Å²) in [7, 11) is 0. The molecular formula is C28H36O6. The third kappa shape index (κ3) is 8.65. The molecule has 0 heterocycles. The fraction of sp³-hybridized carbons (Fsp3) is 0.464. The smallest absolute Gasteiger partial charge is 0.335 e. The number of unbranched alkanes of at least 4 members (excludes halogenated alkanes) is 1. The first kappa shape index (κ1) is 27.1. The van der Waals surface area contributed by atoms with Crippen LogP contribution in [0.2, 0.25) is 0 Å². The van der Waals surface area contributed by atoms with Crippen LogP contribution in [-0.4, -0.2) is 33.7 Å². The van der Waals surface area contributed by atoms with Gasteiger partial charge < -0.3 is 14.9 Å². The Bertz CT molecular complexity index is 954. The van der Waals surface area contributed by atoms with Crippen LogP contribution in [0.1, 0.15) is 75.7 Å². The first-order valence-electron chi connectivity index (χ1n) is 11.9. The Kier molecular flexibility index (Phi) is 9.84. The number of carboxylic acids is 2. The Morgan fingerprint density at radius 2 is 1.41 bits per heavy atom. The van der Waals surface area contributed by atoms with Gasteiger partial charge in [-0.15, -0.1) is 0 Å². The molecule has 6 heteroatoms. The molecule has 2 N–H and O–H groups in total. The molecule has 2 aromatic carbocycles. The molecule has 2 aromatic rings. The quantitative estimate of drug-likeness (QED) is 0.358. The van der Waals surface area contributed by atoms with Gasteiger partial charge in [0, 0.05) is 0 Å². The number of hydrogen-bond donors (Lipinski definition) is 2. The number of carboxylic acid groups (broad SMARTS) is 2. The van der Waals surface area contributed by atoms with Gasteiger partial charge in [-0.1, -0.05) is 56.2 Å². The van der Waals surface area contributed by atoms with E-state index in [9.17, 15) is 19.5 Å². The van der Waals surface area contributed by atoms with E-state index in [1.807, 2.05) is 52.0 Å². The SMILES string of the molecule is CCCC[C@@H](C[C@H](CCc1ccc(-c2ccc(C(=O)O)cc2)cc1)C(=O)O)C(=O)OC(C)(C)C. The van der Waals surface area contributed by atoms with E-state index in [-0.39, 0.29) is 18.0 Å². The van der Waals surface area contributed by atoms with Gasteiger partial charge in [-0.05, 0) is 75.3 Å². The number of benzene rings is 2. The van der Waals surface area contributed by atoms with E-state index >= 15 is 0 Å². The fourth-order valence-electron chi connectivity index (χ4n) is 3.86. The van der Waals surface area contributed by atoms with Gasteiger partial charge in [0.2, 0.25) is 0 Å². The van der Waals surface area contributed by atoms with Gasteiger partial charge in [0.15, 0.2) is 0 Å². The van der Waals surface area contributed by atoms with E-state index in [2.05, 4.69) is 0 Å². The number of esters is 1. The summed E-state index contributed by atoms with van der Waals surface area (Å²) in [4.78, 5) is 35.7. The molecule has 2 rings (SSSR count). The summed E-state index contributed by atoms with van der Waals surface area (Å²) in [6.07, 6.45) is 3.72. The molecule has 0 aromatic heterocycles. The molecule has 184 valence electrons. The minimum Gasteiger partial charge on any atom is -0.481 e. The van der Waals surface area contributed by atoms with E-state index in [1.54, 1.807) is 24.3 Å². The second kappa shape index (κ2) is 12.4.